The fourth-order valence-electron chi connectivity index (χ4n) is 3.86. The van der Waals surface area contributed by atoms with Crippen LogP contribution in [0.25, 0.3) is 28.0 Å². The summed E-state index contributed by atoms with van der Waals surface area (Å²) in [5.74, 6) is 1.52. The first-order valence-corrected chi connectivity index (χ1v) is 11.2. The predicted molar refractivity (Wildman–Crippen MR) is 137 cm³/mol. The van der Waals surface area contributed by atoms with E-state index in [2.05, 4.69) is 49.9 Å². The van der Waals surface area contributed by atoms with Gasteiger partial charge in [-0.25, -0.2) is 14.4 Å². The van der Waals surface area contributed by atoms with Crippen molar-refractivity contribution in [2.45, 2.75) is 0 Å². The first-order valence-electron chi connectivity index (χ1n) is 11.2. The Hall–Kier alpha value is -3.78. The standard InChI is InChI=1S/C14H13FN4.C12H17N3/c1-16-14-5-10-3-9(11-6-18-19(2)8-11)4-13(15)12(10)7-17-14;1-3-11-4-5-13-12(10-11)15-8-6-14(2)7-9-15/h3-8H,1-2H3,(H,16,17);3-5,10H,1,6-9H2,2H3. The van der Waals surface area contributed by atoms with Gasteiger partial charge in [0.15, 0.2) is 0 Å². The van der Waals surface area contributed by atoms with Gasteiger partial charge in [-0.1, -0.05) is 12.7 Å². The number of hydrogen-bond acceptors (Lipinski definition) is 6. The number of aromatic nitrogens is 4. The third-order valence-corrected chi connectivity index (χ3v) is 5.91. The average molecular weight is 460 g/mol. The van der Waals surface area contributed by atoms with Crippen LogP contribution in [-0.4, -0.2) is 64.9 Å². The number of halogens is 1. The smallest absolute Gasteiger partial charge is 0.133 e. The lowest BCUT2D eigenvalue weighted by Crippen LogP contribution is -2.44. The van der Waals surface area contributed by atoms with Gasteiger partial charge in [0, 0.05) is 69.8 Å². The Kier molecular flexibility index (Phi) is 7.18. The van der Waals surface area contributed by atoms with Crippen LogP contribution in [0, 0.1) is 5.82 Å². The van der Waals surface area contributed by atoms with Gasteiger partial charge >= 0.3 is 0 Å². The number of hydrogen-bond donors (Lipinski definition) is 1. The number of benzene rings is 1. The highest BCUT2D eigenvalue weighted by Gasteiger charge is 2.15. The molecule has 5 rings (SSSR count). The van der Waals surface area contributed by atoms with Gasteiger partial charge in [-0.15, -0.1) is 0 Å². The van der Waals surface area contributed by atoms with Gasteiger partial charge in [-0.05, 0) is 53.9 Å². The van der Waals surface area contributed by atoms with Gasteiger partial charge < -0.3 is 15.1 Å². The van der Waals surface area contributed by atoms with Crippen molar-refractivity contribution >= 4 is 28.5 Å². The maximum atomic E-state index is 14.1. The van der Waals surface area contributed by atoms with Gasteiger partial charge in [-0.2, -0.15) is 5.10 Å². The summed E-state index contributed by atoms with van der Waals surface area (Å²) < 4.78 is 15.8. The first kappa shape index (κ1) is 23.4. The minimum atomic E-state index is -0.272. The number of aryl methyl sites for hydroxylation is 1. The molecule has 0 bridgehead atoms. The topological polar surface area (TPSA) is 62.1 Å². The van der Waals surface area contributed by atoms with Crippen LogP contribution in [0.3, 0.4) is 0 Å². The molecule has 0 saturated carbocycles. The number of likely N-dealkylation sites (N-methyl/N-ethyl adjacent to an activating group) is 1. The molecule has 0 atom stereocenters. The number of nitrogens with one attached hydrogen (secondary N) is 1. The lowest BCUT2D eigenvalue weighted by Gasteiger charge is -2.33. The van der Waals surface area contributed by atoms with Crippen molar-refractivity contribution < 1.29 is 4.39 Å². The number of nitrogens with zero attached hydrogens (tertiary/aromatic N) is 6. The molecule has 3 aromatic heterocycles. The second-order valence-electron chi connectivity index (χ2n) is 8.34. The molecule has 0 radical (unpaired) electrons. The first-order chi connectivity index (χ1) is 16.5. The lowest BCUT2D eigenvalue weighted by atomic mass is 10.0. The van der Waals surface area contributed by atoms with E-state index in [1.54, 1.807) is 24.1 Å². The molecule has 1 aromatic carbocycles. The number of piperazine rings is 1. The monoisotopic (exact) mass is 459 g/mol. The molecule has 1 N–H and O–H groups in total. The molecule has 34 heavy (non-hydrogen) atoms. The SMILES string of the molecule is C=Cc1ccnc(N2CCN(C)CC2)c1.CNc1cc2cc(-c3cnn(C)c3)cc(F)c2cn1. The van der Waals surface area contributed by atoms with Crippen LogP contribution in [0.1, 0.15) is 5.56 Å². The Morgan fingerprint density at radius 2 is 1.79 bits per heavy atom. The molecule has 176 valence electrons. The maximum absolute atomic E-state index is 14.1. The quantitative estimate of drug-likeness (QED) is 0.491. The summed E-state index contributed by atoms with van der Waals surface area (Å²) in [5, 5.41) is 8.40. The van der Waals surface area contributed by atoms with Crippen molar-refractivity contribution in [2.75, 3.05) is 50.5 Å². The van der Waals surface area contributed by atoms with Gasteiger partial charge in [0.1, 0.15) is 17.5 Å². The molecule has 4 heterocycles. The van der Waals surface area contributed by atoms with E-state index in [9.17, 15) is 4.39 Å². The van der Waals surface area contributed by atoms with Gasteiger partial charge in [0.05, 0.1) is 6.20 Å². The highest BCUT2D eigenvalue weighted by atomic mass is 19.1. The Morgan fingerprint density at radius 1 is 1.00 bits per heavy atom. The van der Waals surface area contributed by atoms with Crippen molar-refractivity contribution in [2.24, 2.45) is 7.05 Å². The van der Waals surface area contributed by atoms with Crippen molar-refractivity contribution in [1.82, 2.24) is 24.6 Å². The molecule has 8 heteroatoms. The Morgan fingerprint density at radius 3 is 2.47 bits per heavy atom. The van der Waals surface area contributed by atoms with E-state index >= 15 is 0 Å². The average Bonchev–Trinajstić information content (AvgIpc) is 3.31. The molecule has 1 saturated heterocycles. The van der Waals surface area contributed by atoms with Crippen LogP contribution in [0.5, 0.6) is 0 Å². The second kappa shape index (κ2) is 10.4. The van der Waals surface area contributed by atoms with E-state index < -0.39 is 0 Å². The molecule has 1 aliphatic heterocycles. The molecule has 4 aromatic rings. The Labute approximate surface area is 199 Å². The molecular formula is C26H30FN7. The minimum absolute atomic E-state index is 0.272. The molecule has 0 amide bonds. The summed E-state index contributed by atoms with van der Waals surface area (Å²) in [6.45, 7) is 8.12. The van der Waals surface area contributed by atoms with Crippen molar-refractivity contribution in [3.8, 4) is 11.1 Å². The molecule has 0 spiro atoms. The summed E-state index contributed by atoms with van der Waals surface area (Å²) in [6.07, 6.45) is 8.84. The third kappa shape index (κ3) is 5.40. The lowest BCUT2D eigenvalue weighted by molar-refractivity contribution is 0.312. The molecule has 0 unspecified atom stereocenters. The normalized spacial score (nSPS) is 13.9. The zero-order chi connectivity index (χ0) is 24.1. The molecule has 1 aliphatic rings. The van der Waals surface area contributed by atoms with Gasteiger partial charge in [0.25, 0.3) is 0 Å². The van der Waals surface area contributed by atoms with Crippen LogP contribution >= 0.6 is 0 Å². The summed E-state index contributed by atoms with van der Waals surface area (Å²) in [4.78, 5) is 13.2. The molecule has 7 nitrogen and oxygen atoms in total. The molecular weight excluding hydrogens is 429 g/mol. The zero-order valence-corrected chi connectivity index (χ0v) is 19.9. The summed E-state index contributed by atoms with van der Waals surface area (Å²) in [5.41, 5.74) is 2.84. The number of fused-ring (bicyclic) bond motifs is 1. The van der Waals surface area contributed by atoms with Crippen LogP contribution in [0.15, 0.2) is 61.7 Å². The van der Waals surface area contributed by atoms with E-state index in [0.29, 0.717) is 5.39 Å². The number of anilines is 2. The second-order valence-corrected chi connectivity index (χ2v) is 8.34. The van der Waals surface area contributed by atoms with Crippen LogP contribution in [0.4, 0.5) is 16.0 Å². The summed E-state index contributed by atoms with van der Waals surface area (Å²) in [6, 6.07) is 9.36. The largest absolute Gasteiger partial charge is 0.373 e. The van der Waals surface area contributed by atoms with E-state index in [0.717, 1.165) is 59.9 Å². The van der Waals surface area contributed by atoms with E-state index in [1.165, 1.54) is 6.07 Å². The Bertz CT molecular complexity index is 1280. The van der Waals surface area contributed by atoms with Crippen LogP contribution in [0.2, 0.25) is 0 Å². The van der Waals surface area contributed by atoms with Crippen LogP contribution < -0.4 is 10.2 Å². The van der Waals surface area contributed by atoms with Crippen molar-refractivity contribution in [3.63, 3.8) is 0 Å². The molecule has 0 aliphatic carbocycles. The fourth-order valence-corrected chi connectivity index (χ4v) is 3.86. The fraction of sp³-hybridized carbons (Fsp3) is 0.269. The van der Waals surface area contributed by atoms with Crippen LogP contribution in [-0.2, 0) is 7.05 Å². The van der Waals surface area contributed by atoms with Gasteiger partial charge in [0.2, 0.25) is 0 Å². The number of rotatable bonds is 4. The van der Waals surface area contributed by atoms with Crippen molar-refractivity contribution in [3.05, 3.63) is 73.1 Å². The summed E-state index contributed by atoms with van der Waals surface area (Å²) in [7, 11) is 5.78. The minimum Gasteiger partial charge on any atom is -0.373 e. The Balaban J connectivity index is 0.000000166. The zero-order valence-electron chi connectivity index (χ0n) is 19.9. The van der Waals surface area contributed by atoms with Gasteiger partial charge in [-0.3, -0.25) is 4.68 Å². The maximum Gasteiger partial charge on any atom is 0.133 e. The molecule has 1 fully saturated rings. The highest BCUT2D eigenvalue weighted by Crippen LogP contribution is 2.27. The number of pyridine rings is 2. The predicted octanol–water partition coefficient (Wildman–Crippen LogP) is 4.29. The van der Waals surface area contributed by atoms with E-state index in [-0.39, 0.29) is 5.82 Å². The third-order valence-electron chi connectivity index (χ3n) is 5.91. The van der Waals surface area contributed by atoms with E-state index in [4.69, 9.17) is 0 Å². The summed E-state index contributed by atoms with van der Waals surface area (Å²) >= 11 is 0. The van der Waals surface area contributed by atoms with Crippen molar-refractivity contribution in [1.29, 1.82) is 0 Å². The van der Waals surface area contributed by atoms with E-state index in [1.807, 2.05) is 43.7 Å². The highest BCUT2D eigenvalue weighted by molar-refractivity contribution is 5.88.